The van der Waals surface area contributed by atoms with E-state index in [-0.39, 0.29) is 16.2 Å². The Bertz CT molecular complexity index is 536. The molecule has 1 N–H and O–H groups in total. The predicted molar refractivity (Wildman–Crippen MR) is 73.9 cm³/mol. The third-order valence-corrected chi connectivity index (χ3v) is 5.87. The lowest BCUT2D eigenvalue weighted by Gasteiger charge is -2.12. The van der Waals surface area contributed by atoms with E-state index in [2.05, 4.69) is 5.32 Å². The molecule has 18 heavy (non-hydrogen) atoms. The van der Waals surface area contributed by atoms with Gasteiger partial charge in [-0.3, -0.25) is 4.79 Å². The number of thiophene rings is 1. The maximum Gasteiger partial charge on any atom is 0.271 e. The Morgan fingerprint density at radius 1 is 1.56 bits per heavy atom. The number of nitrogens with one attached hydrogen (secondary N) is 1. The SMILES string of the molecule is CCCC(C)NC(=O)c1csc(S(=O)(=O)Cl)c1C. The van der Waals surface area contributed by atoms with Gasteiger partial charge in [0.25, 0.3) is 15.0 Å². The van der Waals surface area contributed by atoms with Crippen LogP contribution in [0.5, 0.6) is 0 Å². The summed E-state index contributed by atoms with van der Waals surface area (Å²) < 4.78 is 22.6. The average molecular weight is 310 g/mol. The summed E-state index contributed by atoms with van der Waals surface area (Å²) in [7, 11) is 1.51. The van der Waals surface area contributed by atoms with E-state index in [1.54, 1.807) is 6.92 Å². The fraction of sp³-hybridized carbons (Fsp3) is 0.545. The molecule has 1 aromatic rings. The second-order valence-corrected chi connectivity index (χ2v) is 7.80. The van der Waals surface area contributed by atoms with Crippen molar-refractivity contribution in [1.29, 1.82) is 0 Å². The van der Waals surface area contributed by atoms with Crippen LogP contribution in [0.15, 0.2) is 9.59 Å². The molecule has 1 heterocycles. The maximum absolute atomic E-state index is 11.9. The van der Waals surface area contributed by atoms with Crippen LogP contribution in [0, 0.1) is 6.92 Å². The summed E-state index contributed by atoms with van der Waals surface area (Å²) in [4.78, 5) is 11.9. The van der Waals surface area contributed by atoms with Gasteiger partial charge in [-0.25, -0.2) is 8.42 Å². The molecule has 0 saturated carbocycles. The first-order chi connectivity index (χ1) is 8.27. The van der Waals surface area contributed by atoms with Gasteiger partial charge in [-0.1, -0.05) is 13.3 Å². The highest BCUT2D eigenvalue weighted by atomic mass is 35.7. The smallest absolute Gasteiger partial charge is 0.271 e. The van der Waals surface area contributed by atoms with Crippen molar-refractivity contribution in [2.24, 2.45) is 0 Å². The van der Waals surface area contributed by atoms with Crippen LogP contribution in [-0.4, -0.2) is 20.4 Å². The van der Waals surface area contributed by atoms with Gasteiger partial charge in [-0.2, -0.15) is 0 Å². The molecular weight excluding hydrogens is 294 g/mol. The molecule has 0 aliphatic heterocycles. The van der Waals surface area contributed by atoms with Crippen LogP contribution in [-0.2, 0) is 9.05 Å². The number of rotatable bonds is 5. The molecule has 102 valence electrons. The second kappa shape index (κ2) is 6.04. The molecule has 1 rings (SSSR count). The first kappa shape index (κ1) is 15.5. The fourth-order valence-corrected chi connectivity index (χ4v) is 4.22. The summed E-state index contributed by atoms with van der Waals surface area (Å²) >= 11 is 0.971. The molecule has 0 bridgehead atoms. The Kier molecular flexibility index (Phi) is 5.19. The predicted octanol–water partition coefficient (Wildman–Crippen LogP) is 2.90. The summed E-state index contributed by atoms with van der Waals surface area (Å²) in [5.74, 6) is -0.253. The Balaban J connectivity index is 2.92. The van der Waals surface area contributed by atoms with E-state index in [0.717, 1.165) is 24.2 Å². The monoisotopic (exact) mass is 309 g/mol. The lowest BCUT2D eigenvalue weighted by molar-refractivity contribution is 0.0938. The number of carbonyl (C=O) groups excluding carboxylic acids is 1. The van der Waals surface area contributed by atoms with E-state index in [4.69, 9.17) is 10.7 Å². The quantitative estimate of drug-likeness (QED) is 0.851. The van der Waals surface area contributed by atoms with Crippen molar-refractivity contribution in [2.75, 3.05) is 0 Å². The summed E-state index contributed by atoms with van der Waals surface area (Å²) in [6.45, 7) is 5.55. The van der Waals surface area contributed by atoms with Crippen LogP contribution in [0.1, 0.15) is 42.6 Å². The molecule has 0 spiro atoms. The minimum absolute atomic E-state index is 0.0393. The zero-order chi connectivity index (χ0) is 13.9. The molecule has 0 aliphatic rings. The van der Waals surface area contributed by atoms with E-state index in [1.807, 2.05) is 13.8 Å². The first-order valence-electron chi connectivity index (χ1n) is 5.61. The summed E-state index contributed by atoms with van der Waals surface area (Å²) in [6.07, 6.45) is 1.86. The van der Waals surface area contributed by atoms with Crippen LogP contribution >= 0.6 is 22.0 Å². The van der Waals surface area contributed by atoms with Crippen LogP contribution in [0.4, 0.5) is 0 Å². The topological polar surface area (TPSA) is 63.2 Å². The van der Waals surface area contributed by atoms with Gasteiger partial charge in [-0.15, -0.1) is 11.3 Å². The van der Waals surface area contributed by atoms with Gasteiger partial charge in [0.1, 0.15) is 4.21 Å². The summed E-state index contributed by atoms with van der Waals surface area (Å²) in [5, 5.41) is 4.36. The molecule has 4 nitrogen and oxygen atoms in total. The van der Waals surface area contributed by atoms with E-state index >= 15 is 0 Å². The third-order valence-electron chi connectivity index (χ3n) is 2.56. The number of amides is 1. The highest BCUT2D eigenvalue weighted by Crippen LogP contribution is 2.29. The Morgan fingerprint density at radius 2 is 2.17 bits per heavy atom. The van der Waals surface area contributed by atoms with Crippen molar-refractivity contribution in [1.82, 2.24) is 5.32 Å². The van der Waals surface area contributed by atoms with Crippen LogP contribution < -0.4 is 5.32 Å². The van der Waals surface area contributed by atoms with E-state index in [9.17, 15) is 13.2 Å². The Hall–Kier alpha value is -0.590. The molecule has 0 aromatic carbocycles. The van der Waals surface area contributed by atoms with Gasteiger partial charge >= 0.3 is 0 Å². The minimum atomic E-state index is -3.77. The van der Waals surface area contributed by atoms with Gasteiger partial charge in [0.2, 0.25) is 0 Å². The zero-order valence-electron chi connectivity index (χ0n) is 10.5. The maximum atomic E-state index is 11.9. The molecule has 0 aliphatic carbocycles. The molecule has 0 radical (unpaired) electrons. The molecule has 1 aromatic heterocycles. The van der Waals surface area contributed by atoms with E-state index in [1.165, 1.54) is 5.38 Å². The standard InChI is InChI=1S/C11H16ClNO3S2/c1-4-5-7(2)13-10(14)9-6-17-11(8(9)3)18(12,15)16/h6-7H,4-5H2,1-3H3,(H,13,14). The van der Waals surface area contributed by atoms with Gasteiger partial charge in [0, 0.05) is 22.1 Å². The normalized spacial score (nSPS) is 13.3. The van der Waals surface area contributed by atoms with Crippen LogP contribution in [0.3, 0.4) is 0 Å². The number of hydrogen-bond donors (Lipinski definition) is 1. The second-order valence-electron chi connectivity index (χ2n) is 4.16. The Morgan fingerprint density at radius 3 is 2.61 bits per heavy atom. The van der Waals surface area contributed by atoms with Crippen molar-refractivity contribution >= 4 is 37.0 Å². The zero-order valence-corrected chi connectivity index (χ0v) is 12.9. The van der Waals surface area contributed by atoms with Crippen molar-refractivity contribution in [3.05, 3.63) is 16.5 Å². The molecule has 1 unspecified atom stereocenters. The Labute approximate surface area is 116 Å². The molecule has 1 amide bonds. The van der Waals surface area contributed by atoms with E-state index in [0.29, 0.717) is 11.1 Å². The number of carbonyl (C=O) groups is 1. The van der Waals surface area contributed by atoms with Gasteiger partial charge in [0.15, 0.2) is 0 Å². The molecular formula is C11H16ClNO3S2. The lowest BCUT2D eigenvalue weighted by atomic mass is 10.1. The van der Waals surface area contributed by atoms with Gasteiger partial charge in [0.05, 0.1) is 5.56 Å². The lowest BCUT2D eigenvalue weighted by Crippen LogP contribution is -2.32. The number of halogens is 1. The highest BCUT2D eigenvalue weighted by molar-refractivity contribution is 8.15. The van der Waals surface area contributed by atoms with E-state index < -0.39 is 9.05 Å². The summed E-state index contributed by atoms with van der Waals surface area (Å²) in [6, 6.07) is 0.0675. The third kappa shape index (κ3) is 3.70. The first-order valence-corrected chi connectivity index (χ1v) is 8.79. The number of hydrogen-bond acceptors (Lipinski definition) is 4. The van der Waals surface area contributed by atoms with Crippen LogP contribution in [0.2, 0.25) is 0 Å². The van der Waals surface area contributed by atoms with Crippen molar-refractivity contribution < 1.29 is 13.2 Å². The summed E-state index contributed by atoms with van der Waals surface area (Å²) in [5.41, 5.74) is 0.790. The largest absolute Gasteiger partial charge is 0.350 e. The molecule has 0 fully saturated rings. The minimum Gasteiger partial charge on any atom is -0.350 e. The van der Waals surface area contributed by atoms with Crippen molar-refractivity contribution in [3.63, 3.8) is 0 Å². The van der Waals surface area contributed by atoms with Crippen molar-refractivity contribution in [3.8, 4) is 0 Å². The molecule has 1 atom stereocenters. The van der Waals surface area contributed by atoms with Gasteiger partial charge < -0.3 is 5.32 Å². The molecule has 7 heteroatoms. The highest BCUT2D eigenvalue weighted by Gasteiger charge is 2.22. The van der Waals surface area contributed by atoms with Gasteiger partial charge in [-0.05, 0) is 25.8 Å². The fourth-order valence-electron chi connectivity index (χ4n) is 1.67. The van der Waals surface area contributed by atoms with Crippen molar-refractivity contribution in [2.45, 2.75) is 43.9 Å². The van der Waals surface area contributed by atoms with Crippen LogP contribution in [0.25, 0.3) is 0 Å². The molecule has 0 saturated heterocycles. The average Bonchev–Trinajstić information content (AvgIpc) is 2.59.